The number of nitrogens with zero attached hydrogens (tertiary/aromatic N) is 2. The zero-order chi connectivity index (χ0) is 27.0. The number of amides is 1. The number of carbonyl (C=O) groups is 1. The van der Waals surface area contributed by atoms with Crippen LogP contribution in [0.5, 0.6) is 11.5 Å². The molecule has 1 aliphatic rings. The van der Waals surface area contributed by atoms with E-state index < -0.39 is 5.82 Å². The van der Waals surface area contributed by atoms with Gasteiger partial charge in [-0.2, -0.15) is 0 Å². The van der Waals surface area contributed by atoms with Gasteiger partial charge in [0.05, 0.1) is 28.1 Å². The van der Waals surface area contributed by atoms with Crippen LogP contribution in [-0.4, -0.2) is 40.5 Å². The molecule has 1 aliphatic heterocycles. The number of thiophene rings is 1. The van der Waals surface area contributed by atoms with Crippen molar-refractivity contribution in [2.75, 3.05) is 25.0 Å². The third kappa shape index (κ3) is 7.39. The zero-order valence-corrected chi connectivity index (χ0v) is 22.8. The van der Waals surface area contributed by atoms with Crippen LogP contribution in [0.25, 0.3) is 10.2 Å². The summed E-state index contributed by atoms with van der Waals surface area (Å²) in [6.45, 7) is 2.97. The van der Waals surface area contributed by atoms with Crippen LogP contribution in [0.4, 0.5) is 10.1 Å². The predicted octanol–water partition coefficient (Wildman–Crippen LogP) is 6.12. The first-order valence-corrected chi connectivity index (χ1v) is 14.0. The fourth-order valence-corrected chi connectivity index (χ4v) is 5.48. The lowest BCUT2D eigenvalue weighted by atomic mass is 10.1. The molecule has 3 heterocycles. The van der Waals surface area contributed by atoms with E-state index in [0.717, 1.165) is 40.3 Å². The average Bonchev–Trinajstić information content (AvgIpc) is 3.35. The molecule has 39 heavy (non-hydrogen) atoms. The summed E-state index contributed by atoms with van der Waals surface area (Å²) in [7, 11) is 0. The maximum atomic E-state index is 15.0. The van der Waals surface area contributed by atoms with Crippen molar-refractivity contribution in [2.45, 2.75) is 25.7 Å². The van der Waals surface area contributed by atoms with Gasteiger partial charge in [-0.25, -0.2) is 4.39 Å². The monoisotopic (exact) mass is 558 g/mol. The lowest BCUT2D eigenvalue weighted by Gasteiger charge is -2.23. The van der Waals surface area contributed by atoms with Gasteiger partial charge in [-0.15, -0.1) is 11.3 Å². The van der Waals surface area contributed by atoms with E-state index in [1.54, 1.807) is 18.3 Å². The number of pyridine rings is 1. The molecule has 0 unspecified atom stereocenters. The van der Waals surface area contributed by atoms with Crippen LogP contribution in [0, 0.1) is 17.7 Å². The second-order valence-corrected chi connectivity index (χ2v) is 10.6. The SMILES string of the molecule is O=C(Cc1ccccc1)NC(=S)Nc1ccc(Oc2ccnc3cc(C#CCN4CCCCC4)sc23)c(F)c1. The number of anilines is 1. The van der Waals surface area contributed by atoms with Crippen LogP contribution in [0.15, 0.2) is 66.9 Å². The molecule has 2 aromatic heterocycles. The van der Waals surface area contributed by atoms with E-state index in [-0.39, 0.29) is 23.2 Å². The maximum Gasteiger partial charge on any atom is 0.230 e. The van der Waals surface area contributed by atoms with Gasteiger partial charge in [-0.1, -0.05) is 48.6 Å². The molecule has 0 bridgehead atoms. The third-order valence-electron chi connectivity index (χ3n) is 6.21. The van der Waals surface area contributed by atoms with Gasteiger partial charge in [-0.05, 0) is 61.9 Å². The topological polar surface area (TPSA) is 66.5 Å². The molecule has 2 N–H and O–H groups in total. The second kappa shape index (κ2) is 12.8. The summed E-state index contributed by atoms with van der Waals surface area (Å²) >= 11 is 6.70. The van der Waals surface area contributed by atoms with Crippen LogP contribution in [-0.2, 0) is 11.2 Å². The van der Waals surface area contributed by atoms with Gasteiger partial charge in [0.25, 0.3) is 0 Å². The number of benzene rings is 2. The minimum absolute atomic E-state index is 0.0678. The van der Waals surface area contributed by atoms with E-state index in [1.165, 1.54) is 42.7 Å². The quantitative estimate of drug-likeness (QED) is 0.220. The number of fused-ring (bicyclic) bond motifs is 1. The molecule has 1 amide bonds. The van der Waals surface area contributed by atoms with Crippen molar-refractivity contribution in [2.24, 2.45) is 0 Å². The first-order valence-electron chi connectivity index (χ1n) is 12.8. The number of hydrogen-bond donors (Lipinski definition) is 2. The molecule has 0 radical (unpaired) electrons. The predicted molar refractivity (Wildman–Crippen MR) is 158 cm³/mol. The van der Waals surface area contributed by atoms with Crippen LogP contribution >= 0.6 is 23.6 Å². The zero-order valence-electron chi connectivity index (χ0n) is 21.2. The Balaban J connectivity index is 1.21. The molecular weight excluding hydrogens is 531 g/mol. The Morgan fingerprint density at radius 2 is 1.90 bits per heavy atom. The van der Waals surface area contributed by atoms with Crippen molar-refractivity contribution < 1.29 is 13.9 Å². The summed E-state index contributed by atoms with van der Waals surface area (Å²) in [5.41, 5.74) is 2.03. The number of aromatic nitrogens is 1. The Morgan fingerprint density at radius 1 is 1.08 bits per heavy atom. The largest absolute Gasteiger partial charge is 0.453 e. The van der Waals surface area contributed by atoms with Crippen molar-refractivity contribution >= 4 is 50.5 Å². The molecule has 6 nitrogen and oxygen atoms in total. The molecule has 9 heteroatoms. The number of hydrogen-bond acceptors (Lipinski definition) is 6. The molecule has 1 fully saturated rings. The highest BCUT2D eigenvalue weighted by molar-refractivity contribution is 7.80. The number of nitrogens with one attached hydrogen (secondary N) is 2. The lowest BCUT2D eigenvalue weighted by molar-refractivity contribution is -0.119. The first-order chi connectivity index (χ1) is 19.0. The minimum atomic E-state index is -0.568. The molecule has 4 aromatic rings. The van der Waals surface area contributed by atoms with Crippen LogP contribution in [0.2, 0.25) is 0 Å². The first kappa shape index (κ1) is 26.8. The third-order valence-corrected chi connectivity index (χ3v) is 7.47. The van der Waals surface area contributed by atoms with Gasteiger partial charge in [0, 0.05) is 24.0 Å². The summed E-state index contributed by atoms with van der Waals surface area (Å²) in [5, 5.41) is 5.55. The van der Waals surface area contributed by atoms with Crippen molar-refractivity contribution in [3.8, 4) is 23.3 Å². The summed E-state index contributed by atoms with van der Waals surface area (Å²) in [5.74, 6) is 6.27. The number of halogens is 1. The Labute approximate surface area is 236 Å². The normalized spacial score (nSPS) is 13.4. The van der Waals surface area contributed by atoms with E-state index in [0.29, 0.717) is 11.4 Å². The summed E-state index contributed by atoms with van der Waals surface area (Å²) in [4.78, 5) is 19.9. The summed E-state index contributed by atoms with van der Waals surface area (Å²) in [6, 6.07) is 17.4. The molecule has 0 atom stereocenters. The van der Waals surface area contributed by atoms with E-state index in [9.17, 15) is 9.18 Å². The van der Waals surface area contributed by atoms with Gasteiger partial charge in [0.1, 0.15) is 5.75 Å². The van der Waals surface area contributed by atoms with E-state index >= 15 is 0 Å². The number of piperidine rings is 1. The summed E-state index contributed by atoms with van der Waals surface area (Å²) in [6.07, 6.45) is 5.61. The number of ether oxygens (including phenoxy) is 1. The van der Waals surface area contributed by atoms with Crippen molar-refractivity contribution in [1.82, 2.24) is 15.2 Å². The molecule has 0 saturated carbocycles. The molecule has 5 rings (SSSR count). The van der Waals surface area contributed by atoms with Gasteiger partial charge in [0.15, 0.2) is 16.7 Å². The highest BCUT2D eigenvalue weighted by Crippen LogP contribution is 2.36. The number of likely N-dealkylation sites (tertiary alicyclic amines) is 1. The van der Waals surface area contributed by atoms with Crippen LogP contribution in [0.1, 0.15) is 29.7 Å². The molecule has 198 valence electrons. The Morgan fingerprint density at radius 3 is 2.69 bits per heavy atom. The fraction of sp³-hybridized carbons (Fsp3) is 0.233. The molecule has 0 spiro atoms. The van der Waals surface area contributed by atoms with Crippen molar-refractivity contribution in [3.05, 3.63) is 83.1 Å². The van der Waals surface area contributed by atoms with Crippen LogP contribution in [0.3, 0.4) is 0 Å². The fourth-order valence-electron chi connectivity index (χ4n) is 4.31. The average molecular weight is 559 g/mol. The maximum absolute atomic E-state index is 15.0. The summed E-state index contributed by atoms with van der Waals surface area (Å²) < 4.78 is 21.7. The Hall–Kier alpha value is -3.84. The van der Waals surface area contributed by atoms with E-state index in [4.69, 9.17) is 17.0 Å². The van der Waals surface area contributed by atoms with Crippen LogP contribution < -0.4 is 15.4 Å². The second-order valence-electron chi connectivity index (χ2n) is 9.18. The Kier molecular flexibility index (Phi) is 8.78. The van der Waals surface area contributed by atoms with Gasteiger partial charge >= 0.3 is 0 Å². The van der Waals surface area contributed by atoms with Gasteiger partial charge in [0.2, 0.25) is 5.91 Å². The highest BCUT2D eigenvalue weighted by atomic mass is 32.1. The number of rotatable bonds is 6. The lowest BCUT2D eigenvalue weighted by Crippen LogP contribution is -2.35. The van der Waals surface area contributed by atoms with Gasteiger partial charge in [-0.3, -0.25) is 14.7 Å². The molecular formula is C30H27FN4O2S2. The molecule has 0 aliphatic carbocycles. The number of carbonyl (C=O) groups excluding carboxylic acids is 1. The standard InChI is InChI=1S/C30H27FN4O2S2/c31-24-19-22(33-30(38)34-28(36)18-21-8-3-1-4-9-21)11-12-26(24)37-27-13-14-32-25-20-23(39-29(25)27)10-7-17-35-15-5-2-6-16-35/h1,3-4,8-9,11-14,19-20H,2,5-6,15-18H2,(H2,33,34,36,38). The Bertz CT molecular complexity index is 1540. The van der Waals surface area contributed by atoms with E-state index in [1.807, 2.05) is 36.4 Å². The smallest absolute Gasteiger partial charge is 0.230 e. The molecule has 1 saturated heterocycles. The van der Waals surface area contributed by atoms with E-state index in [2.05, 4.69) is 32.4 Å². The van der Waals surface area contributed by atoms with Gasteiger partial charge < -0.3 is 15.4 Å². The highest BCUT2D eigenvalue weighted by Gasteiger charge is 2.13. The minimum Gasteiger partial charge on any atom is -0.453 e. The van der Waals surface area contributed by atoms with Crippen molar-refractivity contribution in [1.29, 1.82) is 0 Å². The number of thiocarbonyl (C=S) groups is 1. The van der Waals surface area contributed by atoms with Crippen molar-refractivity contribution in [3.63, 3.8) is 0 Å². The molecule has 2 aromatic carbocycles.